The van der Waals surface area contributed by atoms with Crippen molar-refractivity contribution in [2.75, 3.05) is 5.32 Å². The molecule has 3 aromatic heterocycles. The van der Waals surface area contributed by atoms with Crippen molar-refractivity contribution in [2.24, 2.45) is 5.73 Å². The van der Waals surface area contributed by atoms with Gasteiger partial charge in [0.2, 0.25) is 5.91 Å². The number of nitrogens with two attached hydrogens (primary N) is 1. The lowest BCUT2D eigenvalue weighted by atomic mass is 10.0. The number of hydrogen-bond acceptors (Lipinski definition) is 5. The number of primary amides is 1. The summed E-state index contributed by atoms with van der Waals surface area (Å²) in [5, 5.41) is 6.74. The first-order valence-electron chi connectivity index (χ1n) is 7.92. The zero-order chi connectivity index (χ0) is 17.9. The third-order valence-corrected chi connectivity index (χ3v) is 4.58. The second kappa shape index (κ2) is 6.81. The van der Waals surface area contributed by atoms with Crippen LogP contribution in [0.15, 0.2) is 60.2 Å². The summed E-state index contributed by atoms with van der Waals surface area (Å²) in [6.45, 7) is 0. The molecule has 4 aromatic rings. The summed E-state index contributed by atoms with van der Waals surface area (Å²) >= 11 is 1.50. The molecule has 4 rings (SSSR count). The molecule has 0 aliphatic heterocycles. The molecule has 1 amide bonds. The number of H-pyrrole nitrogens is 1. The minimum absolute atomic E-state index is 0.455. The number of aromatic nitrogens is 3. The van der Waals surface area contributed by atoms with Crippen molar-refractivity contribution in [3.63, 3.8) is 0 Å². The highest BCUT2D eigenvalue weighted by molar-refractivity contribution is 7.13. The van der Waals surface area contributed by atoms with E-state index in [1.807, 2.05) is 54.0 Å². The van der Waals surface area contributed by atoms with Crippen LogP contribution in [0.25, 0.3) is 22.7 Å². The van der Waals surface area contributed by atoms with Gasteiger partial charge in [0.1, 0.15) is 11.5 Å². The van der Waals surface area contributed by atoms with E-state index >= 15 is 0 Å². The SMILES string of the molecule is NC(=O)/C(=C\c1c[nH]c2nc(Nc3nccs3)ccc12)c1ccccc1. The highest BCUT2D eigenvalue weighted by Gasteiger charge is 2.11. The molecule has 0 spiro atoms. The Morgan fingerprint density at radius 3 is 2.77 bits per heavy atom. The molecule has 0 unspecified atom stereocenters. The first-order chi connectivity index (χ1) is 12.7. The molecule has 3 heterocycles. The number of carbonyl (C=O) groups is 1. The van der Waals surface area contributed by atoms with Crippen molar-refractivity contribution in [1.29, 1.82) is 0 Å². The van der Waals surface area contributed by atoms with Crippen LogP contribution >= 0.6 is 11.3 Å². The molecule has 6 nitrogen and oxygen atoms in total. The van der Waals surface area contributed by atoms with Crippen molar-refractivity contribution in [2.45, 2.75) is 0 Å². The summed E-state index contributed by atoms with van der Waals surface area (Å²) in [5.41, 5.74) is 8.39. The Labute approximate surface area is 153 Å². The number of aromatic amines is 1. The maximum atomic E-state index is 11.9. The second-order valence-electron chi connectivity index (χ2n) is 5.59. The predicted octanol–water partition coefficient (Wildman–Crippen LogP) is 3.79. The molecule has 128 valence electrons. The Bertz CT molecular complexity index is 1080. The standard InChI is InChI=1S/C19H15N5OS/c20-17(25)15(12-4-2-1-3-5-12)10-13-11-22-18-14(13)6-7-16(23-18)24-19-21-8-9-26-19/h1-11H,(H2,20,25)(H2,21,22,23,24)/b15-10-. The van der Waals surface area contributed by atoms with E-state index in [0.717, 1.165) is 27.3 Å². The van der Waals surface area contributed by atoms with Gasteiger partial charge in [0.25, 0.3) is 0 Å². The van der Waals surface area contributed by atoms with Crippen LogP contribution in [-0.2, 0) is 4.79 Å². The minimum atomic E-state index is -0.472. The number of pyridine rings is 1. The maximum Gasteiger partial charge on any atom is 0.249 e. The smallest absolute Gasteiger partial charge is 0.249 e. The number of anilines is 2. The van der Waals surface area contributed by atoms with Gasteiger partial charge < -0.3 is 16.0 Å². The number of benzene rings is 1. The molecule has 0 aliphatic rings. The van der Waals surface area contributed by atoms with E-state index in [9.17, 15) is 4.79 Å². The third kappa shape index (κ3) is 3.20. The number of amides is 1. The predicted molar refractivity (Wildman–Crippen MR) is 105 cm³/mol. The molecule has 26 heavy (non-hydrogen) atoms. The van der Waals surface area contributed by atoms with Crippen molar-refractivity contribution in [3.05, 3.63) is 71.4 Å². The average Bonchev–Trinajstić information content (AvgIpc) is 3.30. The van der Waals surface area contributed by atoms with Crippen LogP contribution in [-0.4, -0.2) is 20.9 Å². The van der Waals surface area contributed by atoms with Crippen molar-refractivity contribution in [3.8, 4) is 0 Å². The van der Waals surface area contributed by atoms with Gasteiger partial charge in [0, 0.05) is 34.3 Å². The first kappa shape index (κ1) is 16.0. The second-order valence-corrected chi connectivity index (χ2v) is 6.48. The van der Waals surface area contributed by atoms with E-state index in [0.29, 0.717) is 11.4 Å². The van der Waals surface area contributed by atoms with E-state index in [-0.39, 0.29) is 0 Å². The number of rotatable bonds is 5. The molecular weight excluding hydrogens is 346 g/mol. The van der Waals surface area contributed by atoms with E-state index in [1.165, 1.54) is 11.3 Å². The van der Waals surface area contributed by atoms with Crippen LogP contribution in [0.5, 0.6) is 0 Å². The molecule has 0 aliphatic carbocycles. The summed E-state index contributed by atoms with van der Waals surface area (Å²) in [6, 6.07) is 13.2. The van der Waals surface area contributed by atoms with Gasteiger partial charge in [-0.25, -0.2) is 9.97 Å². The Kier molecular flexibility index (Phi) is 4.20. The zero-order valence-electron chi connectivity index (χ0n) is 13.6. The van der Waals surface area contributed by atoms with Crippen LogP contribution in [0, 0.1) is 0 Å². The van der Waals surface area contributed by atoms with Crippen LogP contribution in [0.2, 0.25) is 0 Å². The molecule has 7 heteroatoms. The molecular formula is C19H15N5OS. The lowest BCUT2D eigenvalue weighted by Gasteiger charge is -2.04. The Morgan fingerprint density at radius 2 is 2.04 bits per heavy atom. The normalized spacial score (nSPS) is 11.6. The Hall–Kier alpha value is -3.45. The quantitative estimate of drug-likeness (QED) is 0.471. The summed E-state index contributed by atoms with van der Waals surface area (Å²) in [4.78, 5) is 23.8. The topological polar surface area (TPSA) is 96.7 Å². The van der Waals surface area contributed by atoms with E-state index < -0.39 is 5.91 Å². The molecule has 0 saturated heterocycles. The molecule has 0 atom stereocenters. The van der Waals surface area contributed by atoms with Gasteiger partial charge in [0.15, 0.2) is 5.13 Å². The largest absolute Gasteiger partial charge is 0.366 e. The lowest BCUT2D eigenvalue weighted by Crippen LogP contribution is -2.12. The number of thiazole rings is 1. The fraction of sp³-hybridized carbons (Fsp3) is 0. The highest BCUT2D eigenvalue weighted by Crippen LogP contribution is 2.25. The number of carbonyl (C=O) groups excluding carboxylic acids is 1. The van der Waals surface area contributed by atoms with E-state index in [2.05, 4.69) is 20.3 Å². The third-order valence-electron chi connectivity index (χ3n) is 3.89. The van der Waals surface area contributed by atoms with Crippen molar-refractivity contribution in [1.82, 2.24) is 15.0 Å². The Balaban J connectivity index is 1.71. The maximum absolute atomic E-state index is 11.9. The van der Waals surface area contributed by atoms with E-state index in [4.69, 9.17) is 5.73 Å². The summed E-state index contributed by atoms with van der Waals surface area (Å²) in [7, 11) is 0. The average molecular weight is 361 g/mol. The minimum Gasteiger partial charge on any atom is -0.366 e. The number of fused-ring (bicyclic) bond motifs is 1. The van der Waals surface area contributed by atoms with Gasteiger partial charge in [-0.1, -0.05) is 30.3 Å². The molecule has 4 N–H and O–H groups in total. The van der Waals surface area contributed by atoms with Gasteiger partial charge in [0.05, 0.1) is 0 Å². The van der Waals surface area contributed by atoms with Gasteiger partial charge >= 0.3 is 0 Å². The number of nitrogens with zero attached hydrogens (tertiary/aromatic N) is 2. The van der Waals surface area contributed by atoms with E-state index in [1.54, 1.807) is 12.3 Å². The number of nitrogens with one attached hydrogen (secondary N) is 2. The summed E-state index contributed by atoms with van der Waals surface area (Å²) in [5.74, 6) is 0.226. The van der Waals surface area contributed by atoms with Crippen LogP contribution in [0.1, 0.15) is 11.1 Å². The van der Waals surface area contributed by atoms with Crippen molar-refractivity contribution < 1.29 is 4.79 Å². The fourth-order valence-corrected chi connectivity index (χ4v) is 3.22. The molecule has 0 radical (unpaired) electrons. The lowest BCUT2D eigenvalue weighted by molar-refractivity contribution is -0.112. The molecule has 0 bridgehead atoms. The van der Waals surface area contributed by atoms with Crippen LogP contribution < -0.4 is 11.1 Å². The van der Waals surface area contributed by atoms with Crippen LogP contribution in [0.4, 0.5) is 10.9 Å². The van der Waals surface area contributed by atoms with Gasteiger partial charge in [-0.05, 0) is 23.8 Å². The van der Waals surface area contributed by atoms with Gasteiger partial charge in [-0.3, -0.25) is 4.79 Å². The summed E-state index contributed by atoms with van der Waals surface area (Å²) < 4.78 is 0. The molecule has 1 aromatic carbocycles. The Morgan fingerprint density at radius 1 is 1.19 bits per heavy atom. The zero-order valence-corrected chi connectivity index (χ0v) is 14.5. The summed E-state index contributed by atoms with van der Waals surface area (Å²) in [6.07, 6.45) is 5.33. The van der Waals surface area contributed by atoms with Crippen LogP contribution in [0.3, 0.4) is 0 Å². The molecule has 0 fully saturated rings. The van der Waals surface area contributed by atoms with Gasteiger partial charge in [-0.2, -0.15) is 0 Å². The van der Waals surface area contributed by atoms with Crippen molar-refractivity contribution >= 4 is 50.9 Å². The highest BCUT2D eigenvalue weighted by atomic mass is 32.1. The van der Waals surface area contributed by atoms with Gasteiger partial charge in [-0.15, -0.1) is 11.3 Å². The number of hydrogen-bond donors (Lipinski definition) is 3. The monoisotopic (exact) mass is 361 g/mol. The fourth-order valence-electron chi connectivity index (χ4n) is 2.68. The molecule has 0 saturated carbocycles. The first-order valence-corrected chi connectivity index (χ1v) is 8.80.